The number of amides is 1. The average Bonchev–Trinajstić information content (AvgIpc) is 2.48. The maximum absolute atomic E-state index is 11.7. The highest BCUT2D eigenvalue weighted by Gasteiger charge is 2.19. The molecule has 2 rings (SSSR count). The Balaban J connectivity index is 1.93. The maximum atomic E-state index is 11.7. The van der Waals surface area contributed by atoms with Crippen molar-refractivity contribution in [3.63, 3.8) is 0 Å². The van der Waals surface area contributed by atoms with Crippen LogP contribution in [0.1, 0.15) is 6.92 Å². The summed E-state index contributed by atoms with van der Waals surface area (Å²) >= 11 is 0. The van der Waals surface area contributed by atoms with Crippen LogP contribution >= 0.6 is 0 Å². The second-order valence-electron chi connectivity index (χ2n) is 4.51. The van der Waals surface area contributed by atoms with Crippen molar-refractivity contribution >= 4 is 11.6 Å². The first-order chi connectivity index (χ1) is 9.24. The zero-order chi connectivity index (χ0) is 13.7. The SMILES string of the molecule is C/C=C/C(=O)N1CCN(c2ccc(OC)cc2)CC1. The van der Waals surface area contributed by atoms with Gasteiger partial charge in [0.05, 0.1) is 7.11 Å². The Hall–Kier alpha value is -1.97. The number of carbonyl (C=O) groups excluding carboxylic acids is 1. The molecule has 1 amide bonds. The number of methoxy groups -OCH3 is 1. The van der Waals surface area contributed by atoms with Gasteiger partial charge >= 0.3 is 0 Å². The van der Waals surface area contributed by atoms with E-state index in [4.69, 9.17) is 4.74 Å². The first-order valence-electron chi connectivity index (χ1n) is 6.55. The molecule has 1 aromatic carbocycles. The van der Waals surface area contributed by atoms with Gasteiger partial charge in [0.25, 0.3) is 0 Å². The normalized spacial score (nSPS) is 15.9. The Labute approximate surface area is 114 Å². The lowest BCUT2D eigenvalue weighted by Gasteiger charge is -2.35. The Morgan fingerprint density at radius 3 is 2.32 bits per heavy atom. The maximum Gasteiger partial charge on any atom is 0.246 e. The Kier molecular flexibility index (Phi) is 4.44. The van der Waals surface area contributed by atoms with Crippen LogP contribution in [0.4, 0.5) is 5.69 Å². The van der Waals surface area contributed by atoms with Gasteiger partial charge in [0, 0.05) is 31.9 Å². The Morgan fingerprint density at radius 1 is 1.16 bits per heavy atom. The third-order valence-corrected chi connectivity index (χ3v) is 3.34. The molecule has 1 aliphatic heterocycles. The van der Waals surface area contributed by atoms with Crippen LogP contribution in [0.2, 0.25) is 0 Å². The zero-order valence-corrected chi connectivity index (χ0v) is 11.5. The van der Waals surface area contributed by atoms with Crippen LogP contribution in [0.25, 0.3) is 0 Å². The van der Waals surface area contributed by atoms with Gasteiger partial charge in [0.1, 0.15) is 5.75 Å². The molecule has 0 radical (unpaired) electrons. The topological polar surface area (TPSA) is 32.8 Å². The van der Waals surface area contributed by atoms with E-state index in [-0.39, 0.29) is 5.91 Å². The lowest BCUT2D eigenvalue weighted by atomic mass is 10.2. The van der Waals surface area contributed by atoms with Crippen molar-refractivity contribution < 1.29 is 9.53 Å². The molecule has 1 fully saturated rings. The van der Waals surface area contributed by atoms with Gasteiger partial charge in [-0.05, 0) is 37.3 Å². The number of hydrogen-bond donors (Lipinski definition) is 0. The number of anilines is 1. The van der Waals surface area contributed by atoms with E-state index in [9.17, 15) is 4.79 Å². The molecule has 0 bridgehead atoms. The highest BCUT2D eigenvalue weighted by molar-refractivity contribution is 5.87. The number of ether oxygens (including phenoxy) is 1. The van der Waals surface area contributed by atoms with Crippen LogP contribution in [0, 0.1) is 0 Å². The molecule has 0 aromatic heterocycles. The van der Waals surface area contributed by atoms with Gasteiger partial charge in [-0.15, -0.1) is 0 Å². The Morgan fingerprint density at radius 2 is 1.79 bits per heavy atom. The Bertz CT molecular complexity index is 446. The molecule has 1 saturated heterocycles. The molecule has 0 saturated carbocycles. The number of benzene rings is 1. The third-order valence-electron chi connectivity index (χ3n) is 3.34. The van der Waals surface area contributed by atoms with Gasteiger partial charge in [-0.2, -0.15) is 0 Å². The van der Waals surface area contributed by atoms with Crippen molar-refractivity contribution in [3.05, 3.63) is 36.4 Å². The molecule has 1 aromatic rings. The lowest BCUT2D eigenvalue weighted by Crippen LogP contribution is -2.48. The van der Waals surface area contributed by atoms with Crippen LogP contribution in [-0.2, 0) is 4.79 Å². The summed E-state index contributed by atoms with van der Waals surface area (Å²) in [7, 11) is 1.67. The van der Waals surface area contributed by atoms with E-state index in [1.807, 2.05) is 24.0 Å². The third kappa shape index (κ3) is 3.28. The fraction of sp³-hybridized carbons (Fsp3) is 0.400. The van der Waals surface area contributed by atoms with Gasteiger partial charge in [-0.3, -0.25) is 4.79 Å². The minimum absolute atomic E-state index is 0.108. The first kappa shape index (κ1) is 13.5. The van der Waals surface area contributed by atoms with Crippen LogP contribution in [0.15, 0.2) is 36.4 Å². The van der Waals surface area contributed by atoms with Crippen LogP contribution in [0.5, 0.6) is 5.75 Å². The first-order valence-corrected chi connectivity index (χ1v) is 6.55. The smallest absolute Gasteiger partial charge is 0.246 e. The zero-order valence-electron chi connectivity index (χ0n) is 11.5. The summed E-state index contributed by atoms with van der Waals surface area (Å²) in [5.74, 6) is 0.975. The van der Waals surface area contributed by atoms with Gasteiger partial charge in [-0.25, -0.2) is 0 Å². The molecule has 0 aliphatic carbocycles. The van der Waals surface area contributed by atoms with Crippen molar-refractivity contribution in [2.75, 3.05) is 38.2 Å². The molecule has 0 spiro atoms. The largest absolute Gasteiger partial charge is 0.497 e. The number of nitrogens with zero attached hydrogens (tertiary/aromatic N) is 2. The molecule has 4 heteroatoms. The van der Waals surface area contributed by atoms with Crippen molar-refractivity contribution in [2.24, 2.45) is 0 Å². The second-order valence-corrected chi connectivity index (χ2v) is 4.51. The van der Waals surface area contributed by atoms with E-state index in [1.54, 1.807) is 19.3 Å². The summed E-state index contributed by atoms with van der Waals surface area (Å²) in [5, 5.41) is 0. The molecule has 19 heavy (non-hydrogen) atoms. The number of allylic oxidation sites excluding steroid dienone is 1. The van der Waals surface area contributed by atoms with E-state index < -0.39 is 0 Å². The van der Waals surface area contributed by atoms with Crippen LogP contribution in [-0.4, -0.2) is 44.1 Å². The standard InChI is InChI=1S/C15H20N2O2/c1-3-4-15(18)17-11-9-16(10-12-17)13-5-7-14(19-2)8-6-13/h3-8H,9-12H2,1-2H3/b4-3+. The summed E-state index contributed by atoms with van der Waals surface area (Å²) in [6.45, 7) is 5.15. The van der Waals surface area contributed by atoms with Gasteiger partial charge in [0.2, 0.25) is 5.91 Å². The van der Waals surface area contributed by atoms with E-state index in [1.165, 1.54) is 5.69 Å². The molecular formula is C15H20N2O2. The predicted octanol–water partition coefficient (Wildman–Crippen LogP) is 1.92. The monoisotopic (exact) mass is 260 g/mol. The summed E-state index contributed by atoms with van der Waals surface area (Å²) in [5.41, 5.74) is 1.18. The molecule has 4 nitrogen and oxygen atoms in total. The minimum atomic E-state index is 0.108. The highest BCUT2D eigenvalue weighted by Crippen LogP contribution is 2.20. The number of carbonyl (C=O) groups is 1. The number of hydrogen-bond acceptors (Lipinski definition) is 3. The number of rotatable bonds is 3. The van der Waals surface area contributed by atoms with Gasteiger partial charge in [-0.1, -0.05) is 6.08 Å². The molecule has 1 aliphatic rings. The lowest BCUT2D eigenvalue weighted by molar-refractivity contribution is -0.126. The van der Waals surface area contributed by atoms with Crippen molar-refractivity contribution in [2.45, 2.75) is 6.92 Å². The van der Waals surface area contributed by atoms with E-state index in [0.29, 0.717) is 0 Å². The summed E-state index contributed by atoms with van der Waals surface area (Å²) in [6, 6.07) is 8.05. The quantitative estimate of drug-likeness (QED) is 0.778. The highest BCUT2D eigenvalue weighted by atomic mass is 16.5. The van der Waals surface area contributed by atoms with E-state index in [0.717, 1.165) is 31.9 Å². The van der Waals surface area contributed by atoms with Crippen molar-refractivity contribution in [3.8, 4) is 5.75 Å². The van der Waals surface area contributed by atoms with Crippen LogP contribution < -0.4 is 9.64 Å². The van der Waals surface area contributed by atoms with Crippen LogP contribution in [0.3, 0.4) is 0 Å². The number of piperazine rings is 1. The fourth-order valence-corrected chi connectivity index (χ4v) is 2.23. The predicted molar refractivity (Wildman–Crippen MR) is 76.6 cm³/mol. The molecule has 0 N–H and O–H groups in total. The van der Waals surface area contributed by atoms with E-state index in [2.05, 4.69) is 17.0 Å². The fourth-order valence-electron chi connectivity index (χ4n) is 2.23. The molecule has 1 heterocycles. The molecular weight excluding hydrogens is 240 g/mol. The summed E-state index contributed by atoms with van der Waals surface area (Å²) in [6.07, 6.45) is 3.42. The summed E-state index contributed by atoms with van der Waals surface area (Å²) < 4.78 is 5.15. The average molecular weight is 260 g/mol. The molecule has 0 unspecified atom stereocenters. The van der Waals surface area contributed by atoms with Crippen molar-refractivity contribution in [1.82, 2.24) is 4.90 Å². The second kappa shape index (κ2) is 6.27. The van der Waals surface area contributed by atoms with Gasteiger partial charge in [0.15, 0.2) is 0 Å². The minimum Gasteiger partial charge on any atom is -0.497 e. The molecule has 0 atom stereocenters. The van der Waals surface area contributed by atoms with Gasteiger partial charge < -0.3 is 14.5 Å². The van der Waals surface area contributed by atoms with E-state index >= 15 is 0 Å². The summed E-state index contributed by atoms with van der Waals surface area (Å²) in [4.78, 5) is 15.9. The van der Waals surface area contributed by atoms with Crippen molar-refractivity contribution in [1.29, 1.82) is 0 Å². The molecule has 102 valence electrons.